The molecule has 1 unspecified atom stereocenters. The second-order valence-electron chi connectivity index (χ2n) is 5.96. The summed E-state index contributed by atoms with van der Waals surface area (Å²) >= 11 is 0. The lowest BCUT2D eigenvalue weighted by Gasteiger charge is -2.34. The summed E-state index contributed by atoms with van der Waals surface area (Å²) in [7, 11) is 0. The van der Waals surface area contributed by atoms with E-state index in [0.29, 0.717) is 0 Å². The Labute approximate surface area is 120 Å². The van der Waals surface area contributed by atoms with Crippen molar-refractivity contribution in [1.82, 2.24) is 0 Å². The van der Waals surface area contributed by atoms with Crippen LogP contribution in [-0.2, 0) is 11.3 Å². The minimum Gasteiger partial charge on any atom is -0.445 e. The number of rotatable bonds is 2. The van der Waals surface area contributed by atoms with Crippen molar-refractivity contribution in [3.05, 3.63) is 23.8 Å². The number of carbonyl (C=O) groups is 1. The Kier molecular flexibility index (Phi) is 3.92. The molecule has 1 saturated carbocycles. The molecule has 108 valence electrons. The number of fused-ring (bicyclic) bond motifs is 1. The molecule has 1 fully saturated rings. The van der Waals surface area contributed by atoms with Crippen molar-refractivity contribution in [2.75, 3.05) is 12.0 Å². The largest absolute Gasteiger partial charge is 0.445 e. The molecule has 0 bridgehead atoms. The number of amides is 1. The van der Waals surface area contributed by atoms with Crippen molar-refractivity contribution in [2.45, 2.75) is 51.6 Å². The van der Waals surface area contributed by atoms with Crippen LogP contribution in [0.5, 0.6) is 5.75 Å². The lowest BCUT2D eigenvalue weighted by molar-refractivity contribution is -0.957. The van der Waals surface area contributed by atoms with Gasteiger partial charge in [-0.1, -0.05) is 6.42 Å². The van der Waals surface area contributed by atoms with E-state index in [4.69, 9.17) is 4.74 Å². The van der Waals surface area contributed by atoms with Crippen LogP contribution in [-0.4, -0.2) is 18.7 Å². The molecule has 0 spiro atoms. The van der Waals surface area contributed by atoms with Crippen molar-refractivity contribution in [3.63, 3.8) is 0 Å². The Morgan fingerprint density at radius 2 is 2.10 bits per heavy atom. The second kappa shape index (κ2) is 5.83. The second-order valence-corrected chi connectivity index (χ2v) is 5.96. The van der Waals surface area contributed by atoms with Gasteiger partial charge in [0.15, 0.2) is 0 Å². The summed E-state index contributed by atoms with van der Waals surface area (Å²) in [6.07, 6.45) is 6.73. The Hall–Kier alpha value is -1.55. The van der Waals surface area contributed by atoms with E-state index < -0.39 is 0 Å². The SMILES string of the molecule is CC(=O)Nc1ccc2c(c1)C[NH+](C1CCCCC1)CO2. The molecule has 2 N–H and O–H groups in total. The molecule has 1 aromatic carbocycles. The van der Waals surface area contributed by atoms with Gasteiger partial charge < -0.3 is 10.1 Å². The van der Waals surface area contributed by atoms with Gasteiger partial charge in [-0.3, -0.25) is 9.69 Å². The monoisotopic (exact) mass is 275 g/mol. The normalized spacial score (nSPS) is 22.8. The van der Waals surface area contributed by atoms with Gasteiger partial charge in [0.05, 0.1) is 11.6 Å². The van der Waals surface area contributed by atoms with Crippen molar-refractivity contribution in [2.24, 2.45) is 0 Å². The third kappa shape index (κ3) is 2.96. The molecule has 1 aromatic rings. The third-order valence-electron chi connectivity index (χ3n) is 4.39. The Morgan fingerprint density at radius 3 is 2.85 bits per heavy atom. The summed E-state index contributed by atoms with van der Waals surface area (Å²) in [6, 6.07) is 6.67. The molecule has 4 heteroatoms. The first-order valence-electron chi connectivity index (χ1n) is 7.60. The van der Waals surface area contributed by atoms with E-state index in [0.717, 1.165) is 30.8 Å². The molecule has 0 saturated heterocycles. The molecule has 0 aromatic heterocycles. The molecule has 1 amide bonds. The highest BCUT2D eigenvalue weighted by Crippen LogP contribution is 2.25. The summed E-state index contributed by atoms with van der Waals surface area (Å²) < 4.78 is 5.90. The Balaban J connectivity index is 1.73. The lowest BCUT2D eigenvalue weighted by Crippen LogP contribution is -3.16. The van der Waals surface area contributed by atoms with Gasteiger partial charge in [0.2, 0.25) is 12.6 Å². The number of ether oxygens (including phenoxy) is 1. The van der Waals surface area contributed by atoms with E-state index >= 15 is 0 Å². The average molecular weight is 275 g/mol. The maximum Gasteiger partial charge on any atom is 0.222 e. The van der Waals surface area contributed by atoms with Crippen LogP contribution in [0.4, 0.5) is 5.69 Å². The molecule has 1 aliphatic heterocycles. The van der Waals surface area contributed by atoms with Gasteiger partial charge in [0, 0.05) is 12.6 Å². The van der Waals surface area contributed by atoms with Crippen LogP contribution in [0.25, 0.3) is 0 Å². The lowest BCUT2D eigenvalue weighted by atomic mass is 9.94. The molecule has 0 radical (unpaired) electrons. The predicted molar refractivity (Wildman–Crippen MR) is 77.8 cm³/mol. The van der Waals surface area contributed by atoms with Gasteiger partial charge >= 0.3 is 0 Å². The van der Waals surface area contributed by atoms with Crippen molar-refractivity contribution in [1.29, 1.82) is 0 Å². The molecule has 20 heavy (non-hydrogen) atoms. The number of anilines is 1. The Morgan fingerprint density at radius 1 is 1.30 bits per heavy atom. The number of benzene rings is 1. The quantitative estimate of drug-likeness (QED) is 0.863. The van der Waals surface area contributed by atoms with Gasteiger partial charge in [0.25, 0.3) is 0 Å². The number of hydrogen-bond acceptors (Lipinski definition) is 2. The van der Waals surface area contributed by atoms with Crippen molar-refractivity contribution < 1.29 is 14.4 Å². The number of carbonyl (C=O) groups excluding carboxylic acids is 1. The summed E-state index contributed by atoms with van der Waals surface area (Å²) in [4.78, 5) is 12.7. The number of nitrogens with one attached hydrogen (secondary N) is 2. The standard InChI is InChI=1S/C16H22N2O2/c1-12(19)17-14-7-8-16-13(9-14)10-18(11-20-16)15-5-3-2-4-6-15/h7-9,15H,2-6,10-11H2,1H3,(H,17,19)/p+1. The third-order valence-corrected chi connectivity index (χ3v) is 4.39. The highest BCUT2D eigenvalue weighted by molar-refractivity contribution is 5.88. The van der Waals surface area contributed by atoms with Crippen LogP contribution in [0.2, 0.25) is 0 Å². The summed E-state index contributed by atoms with van der Waals surface area (Å²) in [5, 5.41) is 2.85. The zero-order valence-electron chi connectivity index (χ0n) is 12.1. The summed E-state index contributed by atoms with van der Waals surface area (Å²) in [6.45, 7) is 3.32. The molecular weight excluding hydrogens is 252 g/mol. The van der Waals surface area contributed by atoms with Crippen LogP contribution >= 0.6 is 0 Å². The fourth-order valence-corrected chi connectivity index (χ4v) is 3.38. The van der Waals surface area contributed by atoms with Gasteiger partial charge in [-0.05, 0) is 43.9 Å². The maximum absolute atomic E-state index is 11.1. The zero-order valence-corrected chi connectivity index (χ0v) is 12.1. The molecule has 4 nitrogen and oxygen atoms in total. The van der Waals surface area contributed by atoms with Crippen LogP contribution in [0, 0.1) is 0 Å². The zero-order chi connectivity index (χ0) is 13.9. The summed E-state index contributed by atoms with van der Waals surface area (Å²) in [5.74, 6) is 0.942. The van der Waals surface area contributed by atoms with E-state index in [-0.39, 0.29) is 5.91 Å². The van der Waals surface area contributed by atoms with Gasteiger partial charge in [-0.25, -0.2) is 0 Å². The van der Waals surface area contributed by atoms with Crippen LogP contribution in [0.3, 0.4) is 0 Å². The van der Waals surface area contributed by atoms with Gasteiger partial charge in [-0.15, -0.1) is 0 Å². The highest BCUT2D eigenvalue weighted by atomic mass is 16.5. The van der Waals surface area contributed by atoms with Crippen molar-refractivity contribution in [3.8, 4) is 5.75 Å². The minimum atomic E-state index is -0.0295. The molecule has 3 rings (SSSR count). The van der Waals surface area contributed by atoms with E-state index in [1.807, 2.05) is 12.1 Å². The fraction of sp³-hybridized carbons (Fsp3) is 0.562. The van der Waals surface area contributed by atoms with Crippen LogP contribution in [0.1, 0.15) is 44.6 Å². The molecular formula is C16H23N2O2+. The highest BCUT2D eigenvalue weighted by Gasteiger charge is 2.29. The van der Waals surface area contributed by atoms with E-state index in [2.05, 4.69) is 11.4 Å². The van der Waals surface area contributed by atoms with E-state index in [9.17, 15) is 4.79 Å². The first-order valence-corrected chi connectivity index (χ1v) is 7.60. The summed E-state index contributed by atoms with van der Waals surface area (Å²) in [5.41, 5.74) is 2.08. The fourth-order valence-electron chi connectivity index (χ4n) is 3.38. The van der Waals surface area contributed by atoms with Gasteiger partial charge in [0.1, 0.15) is 12.3 Å². The average Bonchev–Trinajstić information content (AvgIpc) is 2.47. The van der Waals surface area contributed by atoms with Crippen molar-refractivity contribution >= 4 is 11.6 Å². The van der Waals surface area contributed by atoms with Crippen LogP contribution in [0.15, 0.2) is 18.2 Å². The molecule has 1 atom stereocenters. The molecule has 1 aliphatic carbocycles. The maximum atomic E-state index is 11.1. The van der Waals surface area contributed by atoms with Gasteiger partial charge in [-0.2, -0.15) is 0 Å². The topological polar surface area (TPSA) is 42.8 Å². The number of quaternary nitrogens is 1. The van der Waals surface area contributed by atoms with E-state index in [1.54, 1.807) is 0 Å². The predicted octanol–water partition coefficient (Wildman–Crippen LogP) is 1.71. The Bertz CT molecular complexity index is 495. The molecule has 1 heterocycles. The first kappa shape index (κ1) is 13.4. The smallest absolute Gasteiger partial charge is 0.222 e. The first-order chi connectivity index (χ1) is 9.72. The number of hydrogen-bond donors (Lipinski definition) is 2. The van der Waals surface area contributed by atoms with Crippen LogP contribution < -0.4 is 15.0 Å². The van der Waals surface area contributed by atoms with E-state index in [1.165, 1.54) is 49.5 Å². The molecule has 2 aliphatic rings. The minimum absolute atomic E-state index is 0.0295.